The Hall–Kier alpha value is -1.14. The number of nitrogens with two attached hydrogens (primary N) is 1. The van der Waals surface area contributed by atoms with Crippen LogP contribution in [0.15, 0.2) is 0 Å². The van der Waals surface area contributed by atoms with Crippen LogP contribution in [0, 0.1) is 0 Å². The first-order valence-corrected chi connectivity index (χ1v) is 5.97. The predicted octanol–water partition coefficient (Wildman–Crippen LogP) is -0.611. The molecule has 1 atom stereocenters. The Morgan fingerprint density at radius 1 is 1.47 bits per heavy atom. The summed E-state index contributed by atoms with van der Waals surface area (Å²) >= 11 is 0. The van der Waals surface area contributed by atoms with E-state index in [-0.39, 0.29) is 24.8 Å². The average molecular weight is 243 g/mol. The Balaban J connectivity index is 2.33. The molecule has 0 aromatic heterocycles. The molecule has 0 aliphatic carbocycles. The summed E-state index contributed by atoms with van der Waals surface area (Å²) in [6.45, 7) is 1.86. The van der Waals surface area contributed by atoms with Gasteiger partial charge >= 0.3 is 5.97 Å². The van der Waals surface area contributed by atoms with Crippen molar-refractivity contribution < 1.29 is 14.7 Å². The molecule has 1 fully saturated rings. The van der Waals surface area contributed by atoms with Crippen LogP contribution >= 0.6 is 0 Å². The van der Waals surface area contributed by atoms with Crippen LogP contribution in [0.4, 0.5) is 0 Å². The fraction of sp³-hybridized carbons (Fsp3) is 0.818. The first kappa shape index (κ1) is 13.9. The molecule has 1 aliphatic rings. The molecular weight excluding hydrogens is 222 g/mol. The van der Waals surface area contributed by atoms with Crippen LogP contribution in [-0.2, 0) is 9.59 Å². The lowest BCUT2D eigenvalue weighted by Gasteiger charge is -2.31. The van der Waals surface area contributed by atoms with Crippen LogP contribution in [0.1, 0.15) is 25.7 Å². The molecule has 6 heteroatoms. The highest BCUT2D eigenvalue weighted by molar-refractivity contribution is 5.78. The molecule has 0 spiro atoms. The monoisotopic (exact) mass is 243 g/mol. The number of aliphatic carboxylic acids is 1. The Morgan fingerprint density at radius 3 is 2.59 bits per heavy atom. The highest BCUT2D eigenvalue weighted by Crippen LogP contribution is 2.12. The number of carboxylic acids is 1. The van der Waals surface area contributed by atoms with E-state index < -0.39 is 12.0 Å². The van der Waals surface area contributed by atoms with Crippen molar-refractivity contribution in [2.45, 2.75) is 37.8 Å². The van der Waals surface area contributed by atoms with Gasteiger partial charge in [0.15, 0.2) is 0 Å². The van der Waals surface area contributed by atoms with Crippen LogP contribution in [0.2, 0.25) is 0 Å². The summed E-state index contributed by atoms with van der Waals surface area (Å²) in [4.78, 5) is 24.1. The van der Waals surface area contributed by atoms with Crippen molar-refractivity contribution in [1.29, 1.82) is 0 Å². The van der Waals surface area contributed by atoms with Gasteiger partial charge in [0.1, 0.15) is 6.04 Å². The normalized spacial score (nSPS) is 18.7. The summed E-state index contributed by atoms with van der Waals surface area (Å²) in [5.74, 6) is -1.07. The van der Waals surface area contributed by atoms with Crippen molar-refractivity contribution >= 4 is 11.9 Å². The predicted molar refractivity (Wildman–Crippen MR) is 63.5 cm³/mol. The van der Waals surface area contributed by atoms with Crippen molar-refractivity contribution in [3.05, 3.63) is 0 Å². The van der Waals surface area contributed by atoms with E-state index in [9.17, 15) is 9.59 Å². The van der Waals surface area contributed by atoms with E-state index in [0.29, 0.717) is 0 Å². The summed E-state index contributed by atoms with van der Waals surface area (Å²) < 4.78 is 0. The summed E-state index contributed by atoms with van der Waals surface area (Å²) in [6.07, 6.45) is 2.30. The second-order valence-electron chi connectivity index (χ2n) is 4.47. The second kappa shape index (κ2) is 6.56. The molecule has 98 valence electrons. The zero-order chi connectivity index (χ0) is 12.8. The average Bonchev–Trinajstić information content (AvgIpc) is 2.35. The number of carboxylic acid groups (broad SMARTS) is 1. The van der Waals surface area contributed by atoms with Gasteiger partial charge in [-0.2, -0.15) is 0 Å². The van der Waals surface area contributed by atoms with Gasteiger partial charge in [0.25, 0.3) is 0 Å². The molecule has 17 heavy (non-hydrogen) atoms. The lowest BCUT2D eigenvalue weighted by molar-refractivity contribution is -0.139. The second-order valence-corrected chi connectivity index (χ2v) is 4.47. The quantitative estimate of drug-likeness (QED) is 0.598. The van der Waals surface area contributed by atoms with E-state index >= 15 is 0 Å². The highest BCUT2D eigenvalue weighted by atomic mass is 16.4. The van der Waals surface area contributed by atoms with E-state index in [1.54, 1.807) is 11.9 Å². The number of hydrogen-bond donors (Lipinski definition) is 3. The van der Waals surface area contributed by atoms with Crippen LogP contribution in [0.3, 0.4) is 0 Å². The third-order valence-corrected chi connectivity index (χ3v) is 3.24. The number of carbonyl (C=O) groups excluding carboxylic acids is 1. The number of hydrogen-bond acceptors (Lipinski definition) is 4. The molecule has 1 aliphatic heterocycles. The maximum absolute atomic E-state index is 11.8. The fourth-order valence-corrected chi connectivity index (χ4v) is 1.98. The van der Waals surface area contributed by atoms with Crippen LogP contribution < -0.4 is 11.1 Å². The van der Waals surface area contributed by atoms with Gasteiger partial charge in [0, 0.05) is 19.5 Å². The lowest BCUT2D eigenvalue weighted by atomic mass is 10.0. The molecule has 6 nitrogen and oxygen atoms in total. The minimum Gasteiger partial charge on any atom is -0.480 e. The smallest absolute Gasteiger partial charge is 0.320 e. The third kappa shape index (κ3) is 4.32. The molecule has 1 rings (SSSR count). The van der Waals surface area contributed by atoms with Gasteiger partial charge in [-0.05, 0) is 32.4 Å². The van der Waals surface area contributed by atoms with E-state index in [4.69, 9.17) is 10.8 Å². The van der Waals surface area contributed by atoms with E-state index in [2.05, 4.69) is 5.32 Å². The molecule has 4 N–H and O–H groups in total. The zero-order valence-electron chi connectivity index (χ0n) is 10.2. The number of carbonyl (C=O) groups is 2. The summed E-state index contributed by atoms with van der Waals surface area (Å²) in [7, 11) is 1.78. The van der Waals surface area contributed by atoms with Crippen molar-refractivity contribution in [3.63, 3.8) is 0 Å². The molecule has 0 radical (unpaired) electrons. The maximum Gasteiger partial charge on any atom is 0.320 e. The topological polar surface area (TPSA) is 95.7 Å². The molecule has 0 saturated carbocycles. The van der Waals surface area contributed by atoms with Gasteiger partial charge < -0.3 is 21.1 Å². The lowest BCUT2D eigenvalue weighted by Crippen LogP contribution is -2.44. The van der Waals surface area contributed by atoms with Crippen molar-refractivity contribution in [1.82, 2.24) is 10.2 Å². The molecule has 1 unspecified atom stereocenters. The molecule has 0 aromatic rings. The maximum atomic E-state index is 11.8. The Labute approximate surface area is 101 Å². The molecule has 1 heterocycles. The van der Waals surface area contributed by atoms with Crippen LogP contribution in [-0.4, -0.2) is 54.1 Å². The molecule has 1 saturated heterocycles. The standard InChI is InChI=1S/C11H21N3O3/c1-14(8-4-6-13-7-5-8)10(15)3-2-9(12)11(16)17/h8-9,13H,2-7,12H2,1H3,(H,16,17). The van der Waals surface area contributed by atoms with Crippen molar-refractivity contribution in [2.24, 2.45) is 5.73 Å². The van der Waals surface area contributed by atoms with Gasteiger partial charge in [-0.25, -0.2) is 0 Å². The number of rotatable bonds is 5. The minimum atomic E-state index is -1.05. The van der Waals surface area contributed by atoms with Gasteiger partial charge in [-0.15, -0.1) is 0 Å². The minimum absolute atomic E-state index is 0.0198. The van der Waals surface area contributed by atoms with Gasteiger partial charge in [0.2, 0.25) is 5.91 Å². The van der Waals surface area contributed by atoms with E-state index in [1.165, 1.54) is 0 Å². The first-order valence-electron chi connectivity index (χ1n) is 5.97. The Kier molecular flexibility index (Phi) is 5.37. The molecule has 1 amide bonds. The summed E-state index contributed by atoms with van der Waals surface area (Å²) in [5.41, 5.74) is 5.36. The number of nitrogens with zero attached hydrogens (tertiary/aromatic N) is 1. The summed E-state index contributed by atoms with van der Waals surface area (Å²) in [6, 6.07) is -0.676. The Morgan fingerprint density at radius 2 is 2.06 bits per heavy atom. The fourth-order valence-electron chi connectivity index (χ4n) is 1.98. The molecule has 0 bridgehead atoms. The Bertz CT molecular complexity index is 277. The number of nitrogens with one attached hydrogen (secondary N) is 1. The van der Waals surface area contributed by atoms with Crippen LogP contribution in [0.25, 0.3) is 0 Å². The first-order chi connectivity index (χ1) is 8.02. The van der Waals surface area contributed by atoms with E-state index in [0.717, 1.165) is 25.9 Å². The highest BCUT2D eigenvalue weighted by Gasteiger charge is 2.22. The number of piperidine rings is 1. The number of amides is 1. The SMILES string of the molecule is CN(C(=O)CCC(N)C(=O)O)C1CCNCC1. The summed E-state index contributed by atoms with van der Waals surface area (Å²) in [5, 5.41) is 11.9. The molecular formula is C11H21N3O3. The van der Waals surface area contributed by atoms with Gasteiger partial charge in [-0.1, -0.05) is 0 Å². The van der Waals surface area contributed by atoms with E-state index in [1.807, 2.05) is 0 Å². The van der Waals surface area contributed by atoms with Gasteiger partial charge in [-0.3, -0.25) is 9.59 Å². The zero-order valence-corrected chi connectivity index (χ0v) is 10.2. The van der Waals surface area contributed by atoms with Crippen LogP contribution in [0.5, 0.6) is 0 Å². The van der Waals surface area contributed by atoms with Gasteiger partial charge in [0.05, 0.1) is 0 Å². The largest absolute Gasteiger partial charge is 0.480 e. The van der Waals surface area contributed by atoms with Crippen molar-refractivity contribution in [2.75, 3.05) is 20.1 Å². The van der Waals surface area contributed by atoms with Crippen molar-refractivity contribution in [3.8, 4) is 0 Å². The molecule has 0 aromatic carbocycles. The third-order valence-electron chi connectivity index (χ3n) is 3.24.